The molecule has 0 bridgehead atoms. The maximum absolute atomic E-state index is 3.24. The second-order valence-corrected chi connectivity index (χ2v) is 6.71. The van der Waals surface area contributed by atoms with Crippen LogP contribution >= 0.6 is 0 Å². The smallest absolute Gasteiger partial charge is 0.241 e. The van der Waals surface area contributed by atoms with Gasteiger partial charge in [-0.3, -0.25) is 4.98 Å². The first-order valence-electron chi connectivity index (χ1n) is 9.42. The SMILES string of the molecule is CCCCCC(Cc1ccccc1)C(CCCC)[n+]1cc[nH]c1. The van der Waals surface area contributed by atoms with E-state index in [0.717, 1.165) is 5.92 Å². The molecule has 126 valence electrons. The molecule has 0 saturated heterocycles. The number of nitrogens with zero attached hydrogens (tertiary/aromatic N) is 1. The number of H-pyrrole nitrogens is 1. The number of aromatic nitrogens is 2. The normalized spacial score (nSPS) is 13.8. The van der Waals surface area contributed by atoms with Crippen LogP contribution in [0.4, 0.5) is 0 Å². The van der Waals surface area contributed by atoms with E-state index in [0.29, 0.717) is 6.04 Å². The molecule has 2 aromatic rings. The zero-order valence-electron chi connectivity index (χ0n) is 14.9. The van der Waals surface area contributed by atoms with Gasteiger partial charge in [0.25, 0.3) is 0 Å². The molecule has 0 aliphatic carbocycles. The van der Waals surface area contributed by atoms with Gasteiger partial charge in [-0.15, -0.1) is 0 Å². The van der Waals surface area contributed by atoms with Gasteiger partial charge in [0.2, 0.25) is 6.33 Å². The van der Waals surface area contributed by atoms with Gasteiger partial charge in [0.15, 0.2) is 0 Å². The molecule has 2 heteroatoms. The quantitative estimate of drug-likeness (QED) is 0.419. The van der Waals surface area contributed by atoms with Crippen molar-refractivity contribution in [2.24, 2.45) is 5.92 Å². The van der Waals surface area contributed by atoms with Gasteiger partial charge in [-0.2, -0.15) is 0 Å². The first-order chi connectivity index (χ1) is 11.3. The Kier molecular flexibility index (Phi) is 7.92. The van der Waals surface area contributed by atoms with Crippen molar-refractivity contribution in [2.45, 2.75) is 71.3 Å². The van der Waals surface area contributed by atoms with Crippen LogP contribution in [-0.2, 0) is 6.42 Å². The first kappa shape index (κ1) is 17.8. The topological polar surface area (TPSA) is 19.7 Å². The van der Waals surface area contributed by atoms with Crippen molar-refractivity contribution < 1.29 is 4.57 Å². The summed E-state index contributed by atoms with van der Waals surface area (Å²) in [5, 5.41) is 0. The van der Waals surface area contributed by atoms with Gasteiger partial charge in [0, 0.05) is 5.92 Å². The van der Waals surface area contributed by atoms with Crippen molar-refractivity contribution >= 4 is 0 Å². The third-order valence-corrected chi connectivity index (χ3v) is 4.87. The van der Waals surface area contributed by atoms with E-state index < -0.39 is 0 Å². The lowest BCUT2D eigenvalue weighted by molar-refractivity contribution is -0.730. The predicted octanol–water partition coefficient (Wildman–Crippen LogP) is 5.47. The lowest BCUT2D eigenvalue weighted by Gasteiger charge is -2.25. The highest BCUT2D eigenvalue weighted by Crippen LogP contribution is 2.28. The van der Waals surface area contributed by atoms with E-state index in [2.05, 4.69) is 66.3 Å². The van der Waals surface area contributed by atoms with E-state index >= 15 is 0 Å². The van der Waals surface area contributed by atoms with Gasteiger partial charge in [0.05, 0.1) is 0 Å². The van der Waals surface area contributed by atoms with Crippen LogP contribution in [-0.4, -0.2) is 4.98 Å². The molecule has 1 N–H and O–H groups in total. The molecular weight excluding hydrogens is 280 g/mol. The molecule has 0 aliphatic heterocycles. The molecule has 2 unspecified atom stereocenters. The van der Waals surface area contributed by atoms with E-state index in [4.69, 9.17) is 0 Å². The Morgan fingerprint density at radius 2 is 1.74 bits per heavy atom. The third kappa shape index (κ3) is 5.85. The van der Waals surface area contributed by atoms with Crippen molar-refractivity contribution in [3.05, 3.63) is 54.6 Å². The highest BCUT2D eigenvalue weighted by Gasteiger charge is 2.26. The Labute approximate surface area is 142 Å². The van der Waals surface area contributed by atoms with Crippen LogP contribution < -0.4 is 4.57 Å². The minimum Gasteiger partial charge on any atom is -0.250 e. The van der Waals surface area contributed by atoms with Crippen molar-refractivity contribution in [1.82, 2.24) is 4.98 Å². The summed E-state index contributed by atoms with van der Waals surface area (Å²) in [5.74, 6) is 0.719. The molecule has 1 aromatic carbocycles. The van der Waals surface area contributed by atoms with Crippen LogP contribution in [0, 0.1) is 5.92 Å². The van der Waals surface area contributed by atoms with Crippen LogP contribution in [0.15, 0.2) is 49.1 Å². The highest BCUT2D eigenvalue weighted by molar-refractivity contribution is 5.15. The lowest BCUT2D eigenvalue weighted by atomic mass is 9.85. The van der Waals surface area contributed by atoms with Gasteiger partial charge in [-0.1, -0.05) is 69.9 Å². The molecule has 2 atom stereocenters. The minimum absolute atomic E-state index is 0.610. The molecule has 1 aromatic heterocycles. The summed E-state index contributed by atoms with van der Waals surface area (Å²) in [6, 6.07) is 11.6. The van der Waals surface area contributed by atoms with Gasteiger partial charge < -0.3 is 0 Å². The summed E-state index contributed by atoms with van der Waals surface area (Å²) in [5.41, 5.74) is 1.48. The molecule has 2 nitrogen and oxygen atoms in total. The fraction of sp³-hybridized carbons (Fsp3) is 0.571. The first-order valence-corrected chi connectivity index (χ1v) is 9.42. The van der Waals surface area contributed by atoms with Crippen LogP contribution in [0.2, 0.25) is 0 Å². The van der Waals surface area contributed by atoms with Crippen molar-refractivity contribution in [1.29, 1.82) is 0 Å². The fourth-order valence-corrected chi connectivity index (χ4v) is 3.55. The highest BCUT2D eigenvalue weighted by atomic mass is 15.1. The van der Waals surface area contributed by atoms with Gasteiger partial charge >= 0.3 is 0 Å². The number of imidazole rings is 1. The Morgan fingerprint density at radius 3 is 2.39 bits per heavy atom. The molecule has 0 fully saturated rings. The Hall–Kier alpha value is -1.57. The number of nitrogens with one attached hydrogen (secondary N) is 1. The number of aromatic amines is 1. The van der Waals surface area contributed by atoms with Gasteiger partial charge in [-0.25, -0.2) is 4.57 Å². The number of benzene rings is 1. The monoisotopic (exact) mass is 313 g/mol. The zero-order chi connectivity index (χ0) is 16.3. The van der Waals surface area contributed by atoms with E-state index in [-0.39, 0.29) is 0 Å². The molecular formula is C21H33N2+. The van der Waals surface area contributed by atoms with Crippen molar-refractivity contribution in [3.63, 3.8) is 0 Å². The second-order valence-electron chi connectivity index (χ2n) is 6.71. The summed E-state index contributed by atoms with van der Waals surface area (Å²) < 4.78 is 2.41. The van der Waals surface area contributed by atoms with E-state index in [9.17, 15) is 0 Å². The minimum atomic E-state index is 0.610. The van der Waals surface area contributed by atoms with E-state index in [1.54, 1.807) is 0 Å². The summed E-state index contributed by atoms with van der Waals surface area (Å²) in [6.45, 7) is 4.59. The van der Waals surface area contributed by atoms with E-state index in [1.165, 1.54) is 56.9 Å². The average Bonchev–Trinajstić information content (AvgIpc) is 3.10. The third-order valence-electron chi connectivity index (χ3n) is 4.87. The summed E-state index contributed by atoms with van der Waals surface area (Å²) in [6.07, 6.45) is 16.8. The Morgan fingerprint density at radius 1 is 0.957 bits per heavy atom. The second kappa shape index (κ2) is 10.3. The maximum Gasteiger partial charge on any atom is 0.241 e. The molecule has 0 radical (unpaired) electrons. The number of rotatable bonds is 11. The van der Waals surface area contributed by atoms with Gasteiger partial charge in [0.1, 0.15) is 18.4 Å². The Bertz CT molecular complexity index is 504. The predicted molar refractivity (Wildman–Crippen MR) is 97.3 cm³/mol. The van der Waals surface area contributed by atoms with Gasteiger partial charge in [-0.05, 0) is 31.2 Å². The van der Waals surface area contributed by atoms with Crippen LogP contribution in [0.3, 0.4) is 0 Å². The number of hydrogen-bond acceptors (Lipinski definition) is 0. The summed E-state index contributed by atoms with van der Waals surface area (Å²) >= 11 is 0. The molecule has 0 amide bonds. The van der Waals surface area contributed by atoms with Crippen LogP contribution in [0.1, 0.15) is 70.4 Å². The number of unbranched alkanes of at least 4 members (excludes halogenated alkanes) is 3. The maximum atomic E-state index is 3.24. The summed E-state index contributed by atoms with van der Waals surface area (Å²) in [7, 11) is 0. The summed E-state index contributed by atoms with van der Waals surface area (Å²) in [4.78, 5) is 3.24. The van der Waals surface area contributed by atoms with E-state index in [1.807, 2.05) is 6.20 Å². The lowest BCUT2D eigenvalue weighted by Crippen LogP contribution is -2.42. The average molecular weight is 314 g/mol. The standard InChI is InChI=1S/C21H32N2/c1-3-5-8-13-20(17-19-11-9-7-10-12-19)21(14-6-4-2)23-16-15-22-18-23/h7,9-12,15-16,18,20-21H,3-6,8,13-14,17H2,1-2H3/p+1. The molecule has 0 spiro atoms. The molecule has 23 heavy (non-hydrogen) atoms. The Balaban J connectivity index is 2.13. The number of hydrogen-bond donors (Lipinski definition) is 1. The fourth-order valence-electron chi connectivity index (χ4n) is 3.55. The molecule has 0 aliphatic rings. The van der Waals surface area contributed by atoms with Crippen molar-refractivity contribution in [3.8, 4) is 0 Å². The van der Waals surface area contributed by atoms with Crippen LogP contribution in [0.5, 0.6) is 0 Å². The molecule has 1 heterocycles. The van der Waals surface area contributed by atoms with Crippen molar-refractivity contribution in [2.75, 3.05) is 0 Å². The largest absolute Gasteiger partial charge is 0.250 e. The molecule has 2 rings (SSSR count). The van der Waals surface area contributed by atoms with Crippen LogP contribution in [0.25, 0.3) is 0 Å². The zero-order valence-corrected chi connectivity index (χ0v) is 14.9. The molecule has 0 saturated carbocycles.